The number of hydrogen-bond donors (Lipinski definition) is 1. The minimum absolute atomic E-state index is 0.234. The molecule has 1 N–H and O–H groups in total. The SMILES string of the molecule is O=C(N1CCC2CCC(C1)N2)C1(c2cccc(F)c2)CCCCC1. The van der Waals surface area contributed by atoms with Gasteiger partial charge in [-0.05, 0) is 49.8 Å². The number of benzene rings is 1. The minimum atomic E-state index is -0.510. The molecule has 3 aliphatic rings. The van der Waals surface area contributed by atoms with Gasteiger partial charge in [0, 0.05) is 25.2 Å². The van der Waals surface area contributed by atoms with Crippen molar-refractivity contribution in [3.63, 3.8) is 0 Å². The lowest BCUT2D eigenvalue weighted by molar-refractivity contribution is -0.139. The van der Waals surface area contributed by atoms with Crippen molar-refractivity contribution in [2.45, 2.75) is 68.9 Å². The predicted octanol–water partition coefficient (Wildman–Crippen LogP) is 3.38. The topological polar surface area (TPSA) is 32.3 Å². The van der Waals surface area contributed by atoms with Crippen LogP contribution in [0.4, 0.5) is 4.39 Å². The minimum Gasteiger partial charge on any atom is -0.340 e. The molecule has 3 fully saturated rings. The van der Waals surface area contributed by atoms with Crippen molar-refractivity contribution in [3.8, 4) is 0 Å². The van der Waals surface area contributed by atoms with E-state index >= 15 is 0 Å². The van der Waals surface area contributed by atoms with Crippen molar-refractivity contribution >= 4 is 5.91 Å². The lowest BCUT2D eigenvalue weighted by Crippen LogP contribution is -2.50. The molecule has 4 heteroatoms. The largest absolute Gasteiger partial charge is 0.340 e. The van der Waals surface area contributed by atoms with Gasteiger partial charge in [0.05, 0.1) is 5.41 Å². The molecular formula is C20H27FN2O. The molecule has 1 amide bonds. The van der Waals surface area contributed by atoms with E-state index in [-0.39, 0.29) is 11.7 Å². The normalized spacial score (nSPS) is 29.3. The second-order valence-electron chi connectivity index (χ2n) is 7.83. The molecular weight excluding hydrogens is 303 g/mol. The van der Waals surface area contributed by atoms with Crippen LogP contribution in [0.5, 0.6) is 0 Å². The smallest absolute Gasteiger partial charge is 0.233 e. The molecule has 3 nitrogen and oxygen atoms in total. The average Bonchev–Trinajstić information content (AvgIpc) is 2.94. The van der Waals surface area contributed by atoms with Crippen LogP contribution in [0, 0.1) is 5.82 Å². The van der Waals surface area contributed by atoms with Gasteiger partial charge in [-0.15, -0.1) is 0 Å². The molecule has 1 saturated carbocycles. The maximum Gasteiger partial charge on any atom is 0.233 e. The highest BCUT2D eigenvalue weighted by molar-refractivity contribution is 5.88. The Hall–Kier alpha value is -1.42. The van der Waals surface area contributed by atoms with E-state index in [1.807, 2.05) is 6.07 Å². The van der Waals surface area contributed by atoms with Gasteiger partial charge in [-0.25, -0.2) is 4.39 Å². The third-order valence-electron chi connectivity index (χ3n) is 6.30. The van der Waals surface area contributed by atoms with E-state index < -0.39 is 5.41 Å². The van der Waals surface area contributed by atoms with Gasteiger partial charge >= 0.3 is 0 Å². The molecule has 1 aromatic carbocycles. The molecule has 2 bridgehead atoms. The van der Waals surface area contributed by atoms with E-state index in [4.69, 9.17) is 0 Å². The molecule has 1 aromatic rings. The van der Waals surface area contributed by atoms with Crippen molar-refractivity contribution in [2.24, 2.45) is 0 Å². The van der Waals surface area contributed by atoms with E-state index in [2.05, 4.69) is 10.2 Å². The first kappa shape index (κ1) is 16.1. The fourth-order valence-corrected chi connectivity index (χ4v) is 5.00. The maximum absolute atomic E-state index is 13.9. The van der Waals surface area contributed by atoms with Crippen molar-refractivity contribution in [1.29, 1.82) is 0 Å². The number of amides is 1. The Bertz CT molecular complexity index is 611. The Morgan fingerprint density at radius 3 is 2.71 bits per heavy atom. The molecule has 2 atom stereocenters. The summed E-state index contributed by atoms with van der Waals surface area (Å²) < 4.78 is 13.9. The highest BCUT2D eigenvalue weighted by atomic mass is 19.1. The van der Waals surface area contributed by atoms with Gasteiger partial charge in [-0.3, -0.25) is 4.79 Å². The van der Waals surface area contributed by atoms with Gasteiger partial charge in [-0.2, -0.15) is 0 Å². The van der Waals surface area contributed by atoms with Crippen LogP contribution in [0.2, 0.25) is 0 Å². The average molecular weight is 330 g/mol. The lowest BCUT2D eigenvalue weighted by atomic mass is 9.68. The second kappa shape index (κ2) is 6.47. The zero-order valence-electron chi connectivity index (χ0n) is 14.3. The summed E-state index contributed by atoms with van der Waals surface area (Å²) in [5, 5.41) is 3.65. The Morgan fingerprint density at radius 2 is 1.92 bits per heavy atom. The molecule has 2 saturated heterocycles. The molecule has 0 aromatic heterocycles. The molecule has 2 unspecified atom stereocenters. The highest BCUT2D eigenvalue weighted by Gasteiger charge is 2.45. The van der Waals surface area contributed by atoms with Crippen LogP contribution in [-0.2, 0) is 10.2 Å². The number of nitrogens with one attached hydrogen (secondary N) is 1. The number of nitrogens with zero attached hydrogens (tertiary/aromatic N) is 1. The highest BCUT2D eigenvalue weighted by Crippen LogP contribution is 2.41. The third kappa shape index (κ3) is 2.85. The molecule has 4 rings (SSSR count). The molecule has 0 spiro atoms. The van der Waals surface area contributed by atoms with Crippen molar-refractivity contribution < 1.29 is 9.18 Å². The van der Waals surface area contributed by atoms with E-state index in [0.717, 1.165) is 50.8 Å². The second-order valence-corrected chi connectivity index (χ2v) is 7.83. The van der Waals surface area contributed by atoms with Crippen LogP contribution in [0.3, 0.4) is 0 Å². The summed E-state index contributed by atoms with van der Waals surface area (Å²) in [7, 11) is 0. The van der Waals surface area contributed by atoms with Crippen molar-refractivity contribution in [2.75, 3.05) is 13.1 Å². The van der Waals surface area contributed by atoms with Gasteiger partial charge in [0.1, 0.15) is 5.82 Å². The van der Waals surface area contributed by atoms with Crippen LogP contribution >= 0.6 is 0 Å². The van der Waals surface area contributed by atoms with Crippen molar-refractivity contribution in [3.05, 3.63) is 35.6 Å². The number of halogens is 1. The summed E-state index contributed by atoms with van der Waals surface area (Å²) in [6.45, 7) is 1.65. The number of likely N-dealkylation sites (tertiary alicyclic amines) is 1. The molecule has 2 aliphatic heterocycles. The standard InChI is InChI=1S/C20H27FN2O/c21-16-6-4-5-15(13-16)20(10-2-1-3-11-20)19(24)23-12-9-17-7-8-18(14-23)22-17/h4-6,13,17-18,22H,1-3,7-12,14H2. The Balaban J connectivity index is 1.64. The zero-order chi connectivity index (χ0) is 16.6. The fourth-order valence-electron chi connectivity index (χ4n) is 5.00. The number of carbonyl (C=O) groups excluding carboxylic acids is 1. The lowest BCUT2D eigenvalue weighted by Gasteiger charge is -2.41. The fraction of sp³-hybridized carbons (Fsp3) is 0.650. The van der Waals surface area contributed by atoms with E-state index in [1.54, 1.807) is 12.1 Å². The van der Waals surface area contributed by atoms with Crippen LogP contribution in [-0.4, -0.2) is 36.0 Å². The quantitative estimate of drug-likeness (QED) is 0.901. The number of fused-ring (bicyclic) bond motifs is 2. The Morgan fingerprint density at radius 1 is 1.12 bits per heavy atom. The molecule has 2 heterocycles. The van der Waals surface area contributed by atoms with Gasteiger partial charge in [0.2, 0.25) is 5.91 Å². The Labute approximate surface area is 143 Å². The molecule has 0 radical (unpaired) electrons. The Kier molecular flexibility index (Phi) is 4.33. The summed E-state index contributed by atoms with van der Waals surface area (Å²) in [4.78, 5) is 15.7. The van der Waals surface area contributed by atoms with Crippen molar-refractivity contribution in [1.82, 2.24) is 10.2 Å². The third-order valence-corrected chi connectivity index (χ3v) is 6.30. The van der Waals surface area contributed by atoms with E-state index in [9.17, 15) is 9.18 Å². The van der Waals surface area contributed by atoms with E-state index in [0.29, 0.717) is 12.1 Å². The first-order chi connectivity index (χ1) is 11.7. The summed E-state index contributed by atoms with van der Waals surface area (Å²) in [6.07, 6.45) is 8.45. The van der Waals surface area contributed by atoms with Crippen LogP contribution in [0.25, 0.3) is 0 Å². The number of carbonyl (C=O) groups is 1. The van der Waals surface area contributed by atoms with Gasteiger partial charge < -0.3 is 10.2 Å². The van der Waals surface area contributed by atoms with Gasteiger partial charge in [0.15, 0.2) is 0 Å². The summed E-state index contributed by atoms with van der Waals surface area (Å²) in [5.41, 5.74) is 0.374. The number of rotatable bonds is 2. The summed E-state index contributed by atoms with van der Waals surface area (Å²) >= 11 is 0. The van der Waals surface area contributed by atoms with Crippen LogP contribution in [0.1, 0.15) is 56.9 Å². The molecule has 130 valence electrons. The number of hydrogen-bond acceptors (Lipinski definition) is 2. The van der Waals surface area contributed by atoms with Gasteiger partial charge in [-0.1, -0.05) is 31.4 Å². The van der Waals surface area contributed by atoms with E-state index in [1.165, 1.54) is 25.3 Å². The first-order valence-electron chi connectivity index (χ1n) is 9.49. The van der Waals surface area contributed by atoms with Gasteiger partial charge in [0.25, 0.3) is 0 Å². The van der Waals surface area contributed by atoms with Crippen LogP contribution < -0.4 is 5.32 Å². The van der Waals surface area contributed by atoms with Crippen LogP contribution in [0.15, 0.2) is 24.3 Å². The monoisotopic (exact) mass is 330 g/mol. The first-order valence-corrected chi connectivity index (χ1v) is 9.49. The molecule has 24 heavy (non-hydrogen) atoms. The molecule has 1 aliphatic carbocycles. The summed E-state index contributed by atoms with van der Waals surface area (Å²) in [5.74, 6) is 0.00369. The zero-order valence-corrected chi connectivity index (χ0v) is 14.3. The summed E-state index contributed by atoms with van der Waals surface area (Å²) in [6, 6.07) is 7.78. The predicted molar refractivity (Wildman–Crippen MR) is 92.3 cm³/mol. The maximum atomic E-state index is 13.9.